The highest BCUT2D eigenvalue weighted by molar-refractivity contribution is 7.89. The molecule has 2 rings (SSSR count). The van der Waals surface area contributed by atoms with Crippen molar-refractivity contribution in [1.29, 1.82) is 0 Å². The Kier molecular flexibility index (Phi) is 7.21. The summed E-state index contributed by atoms with van der Waals surface area (Å²) < 4.78 is 22.7. The summed E-state index contributed by atoms with van der Waals surface area (Å²) in [6.45, 7) is 4.16. The van der Waals surface area contributed by atoms with Gasteiger partial charge in [-0.2, -0.15) is 0 Å². The monoisotopic (exact) mass is 373 g/mol. The first-order valence-electron chi connectivity index (χ1n) is 8.66. The molecule has 0 amide bonds. The third kappa shape index (κ3) is 6.88. The van der Waals surface area contributed by atoms with E-state index in [2.05, 4.69) is 22.3 Å². The summed E-state index contributed by atoms with van der Waals surface area (Å²) in [7, 11) is -0.991. The number of guanidine groups is 1. The van der Waals surface area contributed by atoms with Crippen LogP contribution in [-0.2, 0) is 28.7 Å². The first kappa shape index (κ1) is 20.0. The Morgan fingerprint density at radius 1 is 1.00 bits per heavy atom. The van der Waals surface area contributed by atoms with E-state index >= 15 is 0 Å². The van der Waals surface area contributed by atoms with Gasteiger partial charge in [-0.3, -0.25) is 0 Å². The highest BCUT2D eigenvalue weighted by Gasteiger charge is 2.07. The maximum absolute atomic E-state index is 11.4. The molecule has 6 heteroatoms. The number of nitrogens with zero attached hydrogens (tertiary/aromatic N) is 2. The molecule has 0 bridgehead atoms. The van der Waals surface area contributed by atoms with Crippen molar-refractivity contribution in [1.82, 2.24) is 10.2 Å². The maximum Gasteiger partial charge on any atom is 0.194 e. The van der Waals surface area contributed by atoms with Gasteiger partial charge >= 0.3 is 0 Å². The lowest BCUT2D eigenvalue weighted by Crippen LogP contribution is -2.38. The molecule has 0 aliphatic heterocycles. The lowest BCUT2D eigenvalue weighted by atomic mass is 10.1. The molecule has 0 aromatic heterocycles. The molecule has 0 fully saturated rings. The topological polar surface area (TPSA) is 61.8 Å². The quantitative estimate of drug-likeness (QED) is 0.599. The number of rotatable bonds is 7. The van der Waals surface area contributed by atoms with Gasteiger partial charge in [-0.25, -0.2) is 13.4 Å². The molecular formula is C20H27N3O2S. The van der Waals surface area contributed by atoms with Crippen LogP contribution in [0.3, 0.4) is 0 Å². The van der Waals surface area contributed by atoms with Gasteiger partial charge in [-0.15, -0.1) is 0 Å². The van der Waals surface area contributed by atoms with Gasteiger partial charge in [-0.05, 0) is 23.6 Å². The molecule has 1 N–H and O–H groups in total. The number of hydrogen-bond acceptors (Lipinski definition) is 3. The fraction of sp³-hybridized carbons (Fsp3) is 0.350. The molecule has 0 saturated carbocycles. The van der Waals surface area contributed by atoms with Gasteiger partial charge in [0.15, 0.2) is 15.8 Å². The van der Waals surface area contributed by atoms with Crippen molar-refractivity contribution in [2.45, 2.75) is 25.8 Å². The predicted octanol–water partition coefficient (Wildman–Crippen LogP) is 2.83. The molecule has 0 saturated heterocycles. The highest BCUT2D eigenvalue weighted by Crippen LogP contribution is 2.09. The van der Waals surface area contributed by atoms with Crippen LogP contribution in [0.15, 0.2) is 59.6 Å². The number of aliphatic imine (C=N–C) groups is 1. The minimum absolute atomic E-state index is 0.0685. The summed E-state index contributed by atoms with van der Waals surface area (Å²) >= 11 is 0. The highest BCUT2D eigenvalue weighted by atomic mass is 32.2. The first-order valence-corrected chi connectivity index (χ1v) is 10.7. The fourth-order valence-corrected chi connectivity index (χ4v) is 3.41. The van der Waals surface area contributed by atoms with Gasteiger partial charge in [-0.1, -0.05) is 54.6 Å². The van der Waals surface area contributed by atoms with Gasteiger partial charge < -0.3 is 10.2 Å². The van der Waals surface area contributed by atoms with E-state index < -0.39 is 9.84 Å². The number of sulfone groups is 1. The Morgan fingerprint density at radius 3 is 2.19 bits per heavy atom. The molecule has 5 nitrogen and oxygen atoms in total. The van der Waals surface area contributed by atoms with Gasteiger partial charge in [0.2, 0.25) is 0 Å². The van der Waals surface area contributed by atoms with Crippen molar-refractivity contribution in [2.24, 2.45) is 4.99 Å². The Bertz CT molecular complexity index is 816. The van der Waals surface area contributed by atoms with Crippen molar-refractivity contribution >= 4 is 15.8 Å². The Labute approximate surface area is 156 Å². The summed E-state index contributed by atoms with van der Waals surface area (Å²) in [5.41, 5.74) is 3.07. The van der Waals surface area contributed by atoms with Gasteiger partial charge in [0.25, 0.3) is 0 Å². The van der Waals surface area contributed by atoms with E-state index in [1.807, 2.05) is 56.4 Å². The van der Waals surface area contributed by atoms with Gasteiger partial charge in [0, 0.05) is 26.4 Å². The second-order valence-electron chi connectivity index (χ2n) is 6.40. The molecule has 2 aromatic rings. The van der Waals surface area contributed by atoms with Crippen molar-refractivity contribution in [3.05, 3.63) is 71.3 Å². The summed E-state index contributed by atoms with van der Waals surface area (Å²) in [6.07, 6.45) is 1.25. The fourth-order valence-electron chi connectivity index (χ4n) is 2.61. The average molecular weight is 374 g/mol. The van der Waals surface area contributed by atoms with E-state index in [1.54, 1.807) is 0 Å². The lowest BCUT2D eigenvalue weighted by molar-refractivity contribution is 0.477. The number of hydrogen-bond donors (Lipinski definition) is 1. The van der Waals surface area contributed by atoms with Crippen LogP contribution < -0.4 is 5.32 Å². The van der Waals surface area contributed by atoms with Crippen LogP contribution in [-0.4, -0.2) is 39.1 Å². The SMILES string of the molecule is CCNC(=NCc1ccc(CS(C)(=O)=O)cc1)N(C)Cc1ccccc1. The molecule has 0 aliphatic carbocycles. The molecule has 0 atom stereocenters. The minimum Gasteiger partial charge on any atom is -0.357 e. The molecule has 26 heavy (non-hydrogen) atoms. The minimum atomic E-state index is -3.01. The van der Waals surface area contributed by atoms with E-state index in [0.29, 0.717) is 6.54 Å². The largest absolute Gasteiger partial charge is 0.357 e. The Hall–Kier alpha value is -2.34. The molecule has 0 aliphatic rings. The van der Waals surface area contributed by atoms with Crippen molar-refractivity contribution in [3.63, 3.8) is 0 Å². The second kappa shape index (κ2) is 9.38. The van der Waals surface area contributed by atoms with Crippen molar-refractivity contribution in [2.75, 3.05) is 19.8 Å². The summed E-state index contributed by atoms with van der Waals surface area (Å²) in [6, 6.07) is 17.8. The standard InChI is InChI=1S/C20H27N3O2S/c1-4-21-20(23(2)15-18-8-6-5-7-9-18)22-14-17-10-12-19(13-11-17)16-26(3,24)25/h5-13H,4,14-16H2,1-3H3,(H,21,22). The van der Waals surface area contributed by atoms with E-state index in [1.165, 1.54) is 11.8 Å². The van der Waals surface area contributed by atoms with Gasteiger partial charge in [0.05, 0.1) is 12.3 Å². The predicted molar refractivity (Wildman–Crippen MR) is 108 cm³/mol. The molecule has 2 aromatic carbocycles. The Morgan fingerprint density at radius 2 is 1.62 bits per heavy atom. The van der Waals surface area contributed by atoms with Crippen LogP contribution in [0.2, 0.25) is 0 Å². The molecule has 0 heterocycles. The van der Waals surface area contributed by atoms with Crippen LogP contribution >= 0.6 is 0 Å². The molecule has 0 radical (unpaired) electrons. The number of benzene rings is 2. The van der Waals surface area contributed by atoms with E-state index in [0.717, 1.165) is 30.2 Å². The molecule has 0 spiro atoms. The van der Waals surface area contributed by atoms with Crippen molar-refractivity contribution in [3.8, 4) is 0 Å². The second-order valence-corrected chi connectivity index (χ2v) is 8.54. The normalized spacial score (nSPS) is 12.0. The maximum atomic E-state index is 11.4. The van der Waals surface area contributed by atoms with Crippen LogP contribution in [0, 0.1) is 0 Å². The van der Waals surface area contributed by atoms with Crippen LogP contribution in [0.5, 0.6) is 0 Å². The Balaban J connectivity index is 2.03. The van der Waals surface area contributed by atoms with E-state index in [9.17, 15) is 8.42 Å². The summed E-state index contributed by atoms with van der Waals surface area (Å²) in [5.74, 6) is 0.912. The third-order valence-electron chi connectivity index (χ3n) is 3.82. The molecule has 0 unspecified atom stereocenters. The van der Waals surface area contributed by atoms with E-state index in [4.69, 9.17) is 4.99 Å². The lowest BCUT2D eigenvalue weighted by Gasteiger charge is -2.22. The molecule has 140 valence electrons. The zero-order chi connectivity index (χ0) is 19.0. The zero-order valence-corrected chi connectivity index (χ0v) is 16.5. The van der Waals surface area contributed by atoms with Crippen molar-refractivity contribution < 1.29 is 8.42 Å². The van der Waals surface area contributed by atoms with Crippen LogP contribution in [0.1, 0.15) is 23.6 Å². The summed E-state index contributed by atoms with van der Waals surface area (Å²) in [5, 5.41) is 3.31. The zero-order valence-electron chi connectivity index (χ0n) is 15.6. The molecular weight excluding hydrogens is 346 g/mol. The van der Waals surface area contributed by atoms with Gasteiger partial charge in [0.1, 0.15) is 0 Å². The number of nitrogens with one attached hydrogen (secondary N) is 1. The average Bonchev–Trinajstić information content (AvgIpc) is 2.59. The summed E-state index contributed by atoms with van der Waals surface area (Å²) in [4.78, 5) is 6.79. The van der Waals surface area contributed by atoms with Crippen LogP contribution in [0.4, 0.5) is 0 Å². The van der Waals surface area contributed by atoms with Crippen LogP contribution in [0.25, 0.3) is 0 Å². The van der Waals surface area contributed by atoms with E-state index in [-0.39, 0.29) is 5.75 Å². The third-order valence-corrected chi connectivity index (χ3v) is 4.68. The smallest absolute Gasteiger partial charge is 0.194 e. The first-order chi connectivity index (χ1) is 12.4.